The molecule has 2 heterocycles. The lowest BCUT2D eigenvalue weighted by atomic mass is 10.1. The van der Waals surface area contributed by atoms with Crippen LogP contribution in [0.4, 0.5) is 0 Å². The molecule has 4 atom stereocenters. The molecule has 0 amide bonds. The molecule has 3 aromatic rings. The average molecular weight is 591 g/mol. The SMILES string of the molecule is CCC(CC1COC(N)=N1)Oc1cccc(OCc2ccccc2)c1.CC[C@@H](CC1COC(N)=N1)Oc1cccc(O)c1. The molecule has 10 nitrogen and oxygen atoms in total. The Bertz CT molecular complexity index is 1340. The smallest absolute Gasteiger partial charge is 0.282 e. The Kier molecular flexibility index (Phi) is 11.8. The molecule has 0 saturated heterocycles. The van der Waals surface area contributed by atoms with Crippen LogP contribution in [0, 0.1) is 0 Å². The van der Waals surface area contributed by atoms with Gasteiger partial charge in [-0.15, -0.1) is 0 Å². The minimum Gasteiger partial charge on any atom is -0.508 e. The van der Waals surface area contributed by atoms with Crippen LogP contribution in [0.5, 0.6) is 23.0 Å². The third-order valence-electron chi connectivity index (χ3n) is 6.92. The van der Waals surface area contributed by atoms with Crippen molar-refractivity contribution in [3.05, 3.63) is 84.4 Å². The number of phenols is 1. The van der Waals surface area contributed by atoms with Crippen molar-refractivity contribution in [2.24, 2.45) is 21.5 Å². The maximum Gasteiger partial charge on any atom is 0.282 e. The number of ether oxygens (including phenoxy) is 5. The van der Waals surface area contributed by atoms with Gasteiger partial charge in [0.15, 0.2) is 0 Å². The fourth-order valence-corrected chi connectivity index (χ4v) is 4.64. The van der Waals surface area contributed by atoms with Crippen molar-refractivity contribution in [1.82, 2.24) is 0 Å². The summed E-state index contributed by atoms with van der Waals surface area (Å²) in [5, 5.41) is 9.38. The first-order chi connectivity index (χ1) is 20.9. The lowest BCUT2D eigenvalue weighted by Crippen LogP contribution is -2.22. The van der Waals surface area contributed by atoms with Gasteiger partial charge in [-0.1, -0.05) is 56.3 Å². The Morgan fingerprint density at radius 2 is 1.28 bits per heavy atom. The molecule has 0 bridgehead atoms. The van der Waals surface area contributed by atoms with Crippen molar-refractivity contribution < 1.29 is 28.8 Å². The Hall–Kier alpha value is -4.60. The van der Waals surface area contributed by atoms with Crippen LogP contribution in [0.2, 0.25) is 0 Å². The van der Waals surface area contributed by atoms with Gasteiger partial charge in [-0.05, 0) is 42.7 Å². The fraction of sp³-hybridized carbons (Fsp3) is 0.394. The normalized spacial score (nSPS) is 18.6. The van der Waals surface area contributed by atoms with Crippen LogP contribution in [0.3, 0.4) is 0 Å². The summed E-state index contributed by atoms with van der Waals surface area (Å²) < 4.78 is 28.1. The number of hydrogen-bond acceptors (Lipinski definition) is 10. The Balaban J connectivity index is 0.000000208. The second kappa shape index (κ2) is 16.1. The van der Waals surface area contributed by atoms with Gasteiger partial charge in [0.25, 0.3) is 12.0 Å². The maximum atomic E-state index is 9.38. The van der Waals surface area contributed by atoms with Gasteiger partial charge in [0, 0.05) is 25.0 Å². The van der Waals surface area contributed by atoms with E-state index in [1.807, 2.05) is 60.7 Å². The average Bonchev–Trinajstić information content (AvgIpc) is 3.63. The molecular weight excluding hydrogens is 548 g/mol. The largest absolute Gasteiger partial charge is 0.508 e. The number of hydrogen-bond donors (Lipinski definition) is 3. The summed E-state index contributed by atoms with van der Waals surface area (Å²) in [6.07, 6.45) is 3.39. The lowest BCUT2D eigenvalue weighted by molar-refractivity contribution is 0.167. The van der Waals surface area contributed by atoms with Crippen molar-refractivity contribution in [2.45, 2.75) is 70.4 Å². The van der Waals surface area contributed by atoms with Gasteiger partial charge in [-0.3, -0.25) is 0 Å². The maximum absolute atomic E-state index is 9.38. The molecule has 5 N–H and O–H groups in total. The highest BCUT2D eigenvalue weighted by atomic mass is 16.5. The summed E-state index contributed by atoms with van der Waals surface area (Å²) in [7, 11) is 0. The van der Waals surface area contributed by atoms with E-state index in [0.717, 1.165) is 42.7 Å². The van der Waals surface area contributed by atoms with Gasteiger partial charge >= 0.3 is 0 Å². The first-order valence-corrected chi connectivity index (χ1v) is 14.7. The highest BCUT2D eigenvalue weighted by Gasteiger charge is 2.23. The molecule has 0 aromatic heterocycles. The topological polar surface area (TPSA) is 143 Å². The minimum atomic E-state index is 0.0371. The Labute approximate surface area is 253 Å². The van der Waals surface area contributed by atoms with Crippen molar-refractivity contribution in [2.75, 3.05) is 13.2 Å². The van der Waals surface area contributed by atoms with Gasteiger partial charge in [0.1, 0.15) is 55.0 Å². The van der Waals surface area contributed by atoms with Gasteiger partial charge in [0.05, 0.1) is 12.1 Å². The molecule has 0 aliphatic carbocycles. The number of benzene rings is 3. The van der Waals surface area contributed by atoms with Gasteiger partial charge < -0.3 is 40.3 Å². The fourth-order valence-electron chi connectivity index (χ4n) is 4.64. The summed E-state index contributed by atoms with van der Waals surface area (Å²) in [5.41, 5.74) is 12.2. The van der Waals surface area contributed by atoms with Crippen LogP contribution in [0.1, 0.15) is 45.1 Å². The third kappa shape index (κ3) is 10.6. The predicted octanol–water partition coefficient (Wildman–Crippen LogP) is 5.18. The third-order valence-corrected chi connectivity index (χ3v) is 6.92. The molecule has 0 radical (unpaired) electrons. The number of amidine groups is 2. The number of aliphatic imine (C=N–C) groups is 2. The zero-order chi connectivity index (χ0) is 30.4. The summed E-state index contributed by atoms with van der Waals surface area (Å²) in [4.78, 5) is 8.44. The number of nitrogens with two attached hydrogens (primary N) is 2. The van der Waals surface area contributed by atoms with E-state index in [2.05, 4.69) is 23.8 Å². The molecule has 0 spiro atoms. The number of phenolic OH excluding ortho intramolecular Hbond substituents is 1. The van der Waals surface area contributed by atoms with Crippen molar-refractivity contribution in [3.8, 4) is 23.0 Å². The molecule has 3 unspecified atom stereocenters. The molecule has 0 fully saturated rings. The molecule has 2 aliphatic heterocycles. The highest BCUT2D eigenvalue weighted by molar-refractivity contribution is 5.73. The summed E-state index contributed by atoms with van der Waals surface area (Å²) >= 11 is 0. The zero-order valence-corrected chi connectivity index (χ0v) is 24.8. The van der Waals surface area contributed by atoms with Crippen molar-refractivity contribution in [3.63, 3.8) is 0 Å². The van der Waals surface area contributed by atoms with Gasteiger partial charge in [-0.25, -0.2) is 9.98 Å². The van der Waals surface area contributed by atoms with Crippen LogP contribution < -0.4 is 25.7 Å². The molecule has 5 rings (SSSR count). The Morgan fingerprint density at radius 3 is 1.79 bits per heavy atom. The van der Waals surface area contributed by atoms with E-state index in [-0.39, 0.29) is 42.1 Å². The van der Waals surface area contributed by atoms with Gasteiger partial charge in [-0.2, -0.15) is 0 Å². The second-order valence-corrected chi connectivity index (χ2v) is 10.4. The van der Waals surface area contributed by atoms with Crippen molar-refractivity contribution in [1.29, 1.82) is 0 Å². The highest BCUT2D eigenvalue weighted by Crippen LogP contribution is 2.25. The monoisotopic (exact) mass is 590 g/mol. The summed E-state index contributed by atoms with van der Waals surface area (Å²) in [6.45, 7) is 5.74. The van der Waals surface area contributed by atoms with Crippen LogP contribution in [0.15, 0.2) is 88.8 Å². The number of aromatic hydroxyl groups is 1. The van der Waals surface area contributed by atoms with E-state index in [9.17, 15) is 5.11 Å². The van der Waals surface area contributed by atoms with E-state index in [0.29, 0.717) is 25.6 Å². The molecular formula is C33H42N4O6. The molecule has 2 aliphatic rings. The van der Waals surface area contributed by atoms with Gasteiger partial charge in [0.2, 0.25) is 0 Å². The first-order valence-electron chi connectivity index (χ1n) is 14.7. The zero-order valence-electron chi connectivity index (χ0n) is 24.8. The van der Waals surface area contributed by atoms with Crippen LogP contribution in [-0.2, 0) is 16.1 Å². The molecule has 230 valence electrons. The first kappa shape index (κ1) is 31.3. The second-order valence-electron chi connectivity index (χ2n) is 10.4. The molecule has 43 heavy (non-hydrogen) atoms. The van der Waals surface area contributed by atoms with E-state index < -0.39 is 0 Å². The molecule has 10 heteroatoms. The van der Waals surface area contributed by atoms with E-state index in [1.54, 1.807) is 18.2 Å². The van der Waals surface area contributed by atoms with E-state index in [4.69, 9.17) is 35.2 Å². The minimum absolute atomic E-state index is 0.0371. The van der Waals surface area contributed by atoms with Crippen molar-refractivity contribution >= 4 is 12.0 Å². The predicted molar refractivity (Wildman–Crippen MR) is 167 cm³/mol. The number of rotatable bonds is 13. The molecule has 0 saturated carbocycles. The van der Waals surface area contributed by atoms with Crippen LogP contribution >= 0.6 is 0 Å². The van der Waals surface area contributed by atoms with E-state index in [1.165, 1.54) is 0 Å². The Morgan fingerprint density at radius 1 is 0.744 bits per heavy atom. The van der Waals surface area contributed by atoms with E-state index >= 15 is 0 Å². The van der Waals surface area contributed by atoms with Crippen LogP contribution in [-0.4, -0.2) is 54.7 Å². The van der Waals surface area contributed by atoms with Crippen LogP contribution in [0.25, 0.3) is 0 Å². The summed E-state index contributed by atoms with van der Waals surface area (Å²) in [5.74, 6) is 2.46. The lowest BCUT2D eigenvalue weighted by Gasteiger charge is -2.19. The quantitative estimate of drug-likeness (QED) is 0.247. The number of nitrogens with zero attached hydrogens (tertiary/aromatic N) is 2. The molecule has 3 aromatic carbocycles. The standard InChI is InChI=1S/C20H24N2O3.C13H18N2O3/c1-2-17(11-16-14-24-20(21)22-16)25-19-10-6-9-18(12-19)23-13-15-7-4-3-5-8-15;1-2-11(6-9-8-17-13(14)15-9)18-12-5-3-4-10(16)7-12/h3-10,12,16-17H,2,11,13-14H2,1H3,(H2,21,22);3-5,7,9,11,16H,2,6,8H2,1H3,(H2,14,15)/t;9?,11-/m.0/s1. The summed E-state index contributed by atoms with van der Waals surface area (Å²) in [6, 6.07) is 25.3.